The van der Waals surface area contributed by atoms with Crippen LogP contribution in [0.2, 0.25) is 0 Å². The molecule has 2 heterocycles. The number of nitrogens with zero attached hydrogens (tertiary/aromatic N) is 1. The summed E-state index contributed by atoms with van der Waals surface area (Å²) >= 11 is 0. The van der Waals surface area contributed by atoms with Gasteiger partial charge in [-0.2, -0.15) is 0 Å². The van der Waals surface area contributed by atoms with Crippen molar-refractivity contribution in [3.63, 3.8) is 0 Å². The lowest BCUT2D eigenvalue weighted by Crippen LogP contribution is -2.56. The van der Waals surface area contributed by atoms with Crippen LogP contribution in [0.25, 0.3) is 0 Å². The zero-order valence-electron chi connectivity index (χ0n) is 12.4. The smallest absolute Gasteiger partial charge is 0.0480 e. The van der Waals surface area contributed by atoms with E-state index in [4.69, 9.17) is 4.74 Å². The van der Waals surface area contributed by atoms with Crippen molar-refractivity contribution in [2.45, 2.75) is 44.3 Å². The Morgan fingerprint density at radius 3 is 2.65 bits per heavy atom. The average molecular weight is 274 g/mol. The third-order valence-electron chi connectivity index (χ3n) is 4.77. The molecule has 1 aromatic rings. The average Bonchev–Trinajstić information content (AvgIpc) is 2.56. The summed E-state index contributed by atoms with van der Waals surface area (Å²) in [4.78, 5) is 2.74. The number of piperazine rings is 1. The van der Waals surface area contributed by atoms with E-state index in [0.717, 1.165) is 19.8 Å². The van der Waals surface area contributed by atoms with Gasteiger partial charge in [-0.1, -0.05) is 37.3 Å². The lowest BCUT2D eigenvalue weighted by atomic mass is 9.95. The van der Waals surface area contributed by atoms with Crippen molar-refractivity contribution < 1.29 is 4.74 Å². The van der Waals surface area contributed by atoms with Crippen molar-refractivity contribution in [2.75, 3.05) is 26.3 Å². The summed E-state index contributed by atoms with van der Waals surface area (Å²) in [5.74, 6) is 0. The Hall–Kier alpha value is -0.900. The van der Waals surface area contributed by atoms with Gasteiger partial charge in [-0.15, -0.1) is 0 Å². The van der Waals surface area contributed by atoms with Gasteiger partial charge in [0.15, 0.2) is 0 Å². The van der Waals surface area contributed by atoms with Crippen LogP contribution in [0.4, 0.5) is 0 Å². The molecule has 3 nitrogen and oxygen atoms in total. The van der Waals surface area contributed by atoms with Gasteiger partial charge in [0.25, 0.3) is 0 Å². The first-order valence-electron chi connectivity index (χ1n) is 8.00. The highest BCUT2D eigenvalue weighted by Gasteiger charge is 2.33. The van der Waals surface area contributed by atoms with Crippen molar-refractivity contribution >= 4 is 0 Å². The molecule has 0 radical (unpaired) electrons. The van der Waals surface area contributed by atoms with Crippen LogP contribution in [-0.4, -0.2) is 43.3 Å². The zero-order valence-corrected chi connectivity index (χ0v) is 12.4. The number of nitrogens with one attached hydrogen (secondary N) is 1. The van der Waals surface area contributed by atoms with Crippen molar-refractivity contribution in [1.29, 1.82) is 0 Å². The monoisotopic (exact) mass is 274 g/mol. The van der Waals surface area contributed by atoms with E-state index >= 15 is 0 Å². The van der Waals surface area contributed by atoms with Gasteiger partial charge in [-0.25, -0.2) is 0 Å². The van der Waals surface area contributed by atoms with Crippen LogP contribution in [-0.2, 0) is 4.74 Å². The molecule has 1 aromatic carbocycles. The molecule has 0 spiro atoms. The highest BCUT2D eigenvalue weighted by Crippen LogP contribution is 2.29. The Morgan fingerprint density at radius 2 is 1.95 bits per heavy atom. The molecule has 0 amide bonds. The van der Waals surface area contributed by atoms with Gasteiger partial charge in [0.2, 0.25) is 0 Å². The minimum absolute atomic E-state index is 0.516. The van der Waals surface area contributed by atoms with Gasteiger partial charge in [0.1, 0.15) is 0 Å². The molecule has 2 fully saturated rings. The largest absolute Gasteiger partial charge is 0.381 e. The number of rotatable bonds is 3. The van der Waals surface area contributed by atoms with Crippen molar-refractivity contribution in [1.82, 2.24) is 10.2 Å². The molecule has 3 heteroatoms. The van der Waals surface area contributed by atoms with Crippen LogP contribution >= 0.6 is 0 Å². The summed E-state index contributed by atoms with van der Waals surface area (Å²) in [6.45, 7) is 6.36. The van der Waals surface area contributed by atoms with Crippen LogP contribution in [0.1, 0.15) is 37.8 Å². The van der Waals surface area contributed by atoms with E-state index in [-0.39, 0.29) is 0 Å². The van der Waals surface area contributed by atoms with Gasteiger partial charge >= 0.3 is 0 Å². The lowest BCUT2D eigenvalue weighted by molar-refractivity contribution is -0.000575. The number of hydrogen-bond donors (Lipinski definition) is 1. The minimum atomic E-state index is 0.516. The molecule has 2 saturated heterocycles. The van der Waals surface area contributed by atoms with E-state index in [1.54, 1.807) is 0 Å². The van der Waals surface area contributed by atoms with Gasteiger partial charge in [0.05, 0.1) is 0 Å². The molecule has 1 N–H and O–H groups in total. The molecule has 2 aliphatic rings. The van der Waals surface area contributed by atoms with Crippen LogP contribution in [0, 0.1) is 0 Å². The van der Waals surface area contributed by atoms with Crippen molar-refractivity contribution in [3.8, 4) is 0 Å². The van der Waals surface area contributed by atoms with Crippen LogP contribution < -0.4 is 5.32 Å². The predicted molar refractivity (Wildman–Crippen MR) is 81.8 cm³/mol. The second-order valence-electron chi connectivity index (χ2n) is 5.98. The molecular weight excluding hydrogens is 248 g/mol. The Labute approximate surface area is 122 Å². The van der Waals surface area contributed by atoms with E-state index in [9.17, 15) is 0 Å². The SMILES string of the molecule is CCC1CN(C2CCOCC2)C(c2ccccc2)CN1. The molecule has 2 aliphatic heterocycles. The summed E-state index contributed by atoms with van der Waals surface area (Å²) in [5, 5.41) is 3.71. The quantitative estimate of drug-likeness (QED) is 0.917. The first-order valence-corrected chi connectivity index (χ1v) is 8.00. The topological polar surface area (TPSA) is 24.5 Å². The maximum atomic E-state index is 5.54. The van der Waals surface area contributed by atoms with Gasteiger partial charge in [-0.3, -0.25) is 4.90 Å². The fourth-order valence-electron chi connectivity index (χ4n) is 3.52. The Balaban J connectivity index is 1.79. The maximum Gasteiger partial charge on any atom is 0.0480 e. The standard InChI is InChI=1S/C17H26N2O/c1-2-15-13-19(16-8-10-20-11-9-16)17(12-18-15)14-6-4-3-5-7-14/h3-7,15-18H,2,8-13H2,1H3. The van der Waals surface area contributed by atoms with E-state index < -0.39 is 0 Å². The lowest BCUT2D eigenvalue weighted by Gasteiger charge is -2.46. The van der Waals surface area contributed by atoms with Gasteiger partial charge in [-0.05, 0) is 24.8 Å². The van der Waals surface area contributed by atoms with Crippen molar-refractivity contribution in [3.05, 3.63) is 35.9 Å². The summed E-state index contributed by atoms with van der Waals surface area (Å²) in [6.07, 6.45) is 3.57. The molecule has 0 saturated carbocycles. The summed E-state index contributed by atoms with van der Waals surface area (Å²) in [6, 6.07) is 12.8. The Kier molecular flexibility index (Phi) is 4.71. The number of benzene rings is 1. The number of ether oxygens (including phenoxy) is 1. The molecule has 3 rings (SSSR count). The second kappa shape index (κ2) is 6.70. The van der Waals surface area contributed by atoms with Crippen LogP contribution in [0.3, 0.4) is 0 Å². The first kappa shape index (κ1) is 14.1. The molecule has 0 aromatic heterocycles. The highest BCUT2D eigenvalue weighted by atomic mass is 16.5. The Bertz CT molecular complexity index is 403. The summed E-state index contributed by atoms with van der Waals surface area (Å²) < 4.78 is 5.54. The maximum absolute atomic E-state index is 5.54. The van der Waals surface area contributed by atoms with E-state index in [0.29, 0.717) is 18.1 Å². The van der Waals surface area contributed by atoms with Crippen LogP contribution in [0.15, 0.2) is 30.3 Å². The normalized spacial score (nSPS) is 29.4. The molecule has 20 heavy (non-hydrogen) atoms. The summed E-state index contributed by atoms with van der Waals surface area (Å²) in [5.41, 5.74) is 1.45. The number of hydrogen-bond acceptors (Lipinski definition) is 3. The molecule has 110 valence electrons. The highest BCUT2D eigenvalue weighted by molar-refractivity contribution is 5.20. The van der Waals surface area contributed by atoms with E-state index in [1.165, 1.54) is 31.4 Å². The fraction of sp³-hybridized carbons (Fsp3) is 0.647. The molecule has 0 aliphatic carbocycles. The first-order chi connectivity index (χ1) is 9.88. The minimum Gasteiger partial charge on any atom is -0.381 e. The third kappa shape index (κ3) is 3.05. The molecular formula is C17H26N2O. The molecule has 0 bridgehead atoms. The fourth-order valence-corrected chi connectivity index (χ4v) is 3.52. The predicted octanol–water partition coefficient (Wildman–Crippen LogP) is 2.59. The Morgan fingerprint density at radius 1 is 1.20 bits per heavy atom. The second-order valence-corrected chi connectivity index (χ2v) is 5.98. The third-order valence-corrected chi connectivity index (χ3v) is 4.77. The molecule has 2 unspecified atom stereocenters. The van der Waals surface area contributed by atoms with E-state index in [2.05, 4.69) is 47.5 Å². The zero-order chi connectivity index (χ0) is 13.8. The molecule has 2 atom stereocenters. The van der Waals surface area contributed by atoms with Crippen LogP contribution in [0.5, 0.6) is 0 Å². The van der Waals surface area contributed by atoms with E-state index in [1.807, 2.05) is 0 Å². The van der Waals surface area contributed by atoms with Crippen molar-refractivity contribution in [2.24, 2.45) is 0 Å². The van der Waals surface area contributed by atoms with Gasteiger partial charge in [0, 0.05) is 44.4 Å². The van der Waals surface area contributed by atoms with Gasteiger partial charge < -0.3 is 10.1 Å². The summed E-state index contributed by atoms with van der Waals surface area (Å²) in [7, 11) is 0.